The standard InChI is InChI=1S/C14H13F3N2O2/c15-8-5-9(16)12(17)10(6-8)19-4-3-11(20)18-13(14(19)21)7-1-2-7/h5-7,13H,1-4H2,(H,18,20). The summed E-state index contributed by atoms with van der Waals surface area (Å²) in [4.78, 5) is 25.0. The second-order valence-corrected chi connectivity index (χ2v) is 5.34. The van der Waals surface area contributed by atoms with Crippen LogP contribution in [0.2, 0.25) is 0 Å². The number of hydrogen-bond donors (Lipinski definition) is 1. The predicted octanol–water partition coefficient (Wildman–Crippen LogP) is 1.74. The number of carbonyl (C=O) groups is 2. The largest absolute Gasteiger partial charge is 0.344 e. The van der Waals surface area contributed by atoms with Crippen LogP contribution in [0.1, 0.15) is 19.3 Å². The van der Waals surface area contributed by atoms with E-state index in [0.717, 1.165) is 23.8 Å². The molecule has 1 atom stereocenters. The molecule has 1 aliphatic carbocycles. The highest BCUT2D eigenvalue weighted by molar-refractivity contribution is 6.01. The Hall–Kier alpha value is -2.05. The van der Waals surface area contributed by atoms with Crippen molar-refractivity contribution in [3.63, 3.8) is 0 Å². The number of rotatable bonds is 2. The monoisotopic (exact) mass is 298 g/mol. The average molecular weight is 298 g/mol. The quantitative estimate of drug-likeness (QED) is 0.846. The van der Waals surface area contributed by atoms with Crippen LogP contribution in [0.5, 0.6) is 0 Å². The minimum Gasteiger partial charge on any atom is -0.344 e. The number of benzene rings is 1. The molecule has 2 amide bonds. The lowest BCUT2D eigenvalue weighted by molar-refractivity contribution is -0.126. The van der Waals surface area contributed by atoms with Gasteiger partial charge in [-0.05, 0) is 18.8 Å². The Morgan fingerprint density at radius 2 is 1.86 bits per heavy atom. The second kappa shape index (κ2) is 5.05. The van der Waals surface area contributed by atoms with Crippen LogP contribution in [-0.2, 0) is 9.59 Å². The van der Waals surface area contributed by atoms with Crippen molar-refractivity contribution in [2.75, 3.05) is 11.4 Å². The summed E-state index contributed by atoms with van der Waals surface area (Å²) < 4.78 is 40.5. The van der Waals surface area contributed by atoms with E-state index in [-0.39, 0.29) is 24.8 Å². The van der Waals surface area contributed by atoms with Crippen LogP contribution in [0.4, 0.5) is 18.9 Å². The highest BCUT2D eigenvalue weighted by atomic mass is 19.2. The van der Waals surface area contributed by atoms with Crippen molar-refractivity contribution in [2.45, 2.75) is 25.3 Å². The molecule has 0 radical (unpaired) electrons. The predicted molar refractivity (Wildman–Crippen MR) is 67.9 cm³/mol. The number of nitrogens with zero attached hydrogens (tertiary/aromatic N) is 1. The Morgan fingerprint density at radius 1 is 1.14 bits per heavy atom. The van der Waals surface area contributed by atoms with Crippen molar-refractivity contribution in [1.29, 1.82) is 0 Å². The third-order valence-electron chi connectivity index (χ3n) is 3.77. The molecule has 1 heterocycles. The van der Waals surface area contributed by atoms with Crippen LogP contribution < -0.4 is 10.2 Å². The van der Waals surface area contributed by atoms with Crippen molar-refractivity contribution < 1.29 is 22.8 Å². The van der Waals surface area contributed by atoms with Gasteiger partial charge in [0.25, 0.3) is 0 Å². The third-order valence-corrected chi connectivity index (χ3v) is 3.77. The molecule has 21 heavy (non-hydrogen) atoms. The molecule has 0 bridgehead atoms. The van der Waals surface area contributed by atoms with E-state index in [2.05, 4.69) is 5.32 Å². The average Bonchev–Trinajstić information content (AvgIpc) is 3.25. The molecule has 1 N–H and O–H groups in total. The van der Waals surface area contributed by atoms with E-state index in [1.54, 1.807) is 0 Å². The van der Waals surface area contributed by atoms with Crippen molar-refractivity contribution in [1.82, 2.24) is 5.32 Å². The molecule has 3 rings (SSSR count). The molecule has 0 spiro atoms. The molecule has 1 saturated heterocycles. The minimum atomic E-state index is -1.36. The second-order valence-electron chi connectivity index (χ2n) is 5.34. The smallest absolute Gasteiger partial charge is 0.249 e. The number of carbonyl (C=O) groups excluding carboxylic acids is 2. The van der Waals surface area contributed by atoms with Gasteiger partial charge in [0.15, 0.2) is 11.6 Å². The van der Waals surface area contributed by atoms with E-state index in [4.69, 9.17) is 0 Å². The third kappa shape index (κ3) is 2.59. The number of hydrogen-bond acceptors (Lipinski definition) is 2. The summed E-state index contributed by atoms with van der Waals surface area (Å²) in [7, 11) is 0. The highest BCUT2D eigenvalue weighted by Crippen LogP contribution is 2.35. The fourth-order valence-corrected chi connectivity index (χ4v) is 2.53. The van der Waals surface area contributed by atoms with Crippen molar-refractivity contribution in [3.8, 4) is 0 Å². The van der Waals surface area contributed by atoms with Crippen molar-refractivity contribution in [3.05, 3.63) is 29.6 Å². The van der Waals surface area contributed by atoms with Gasteiger partial charge in [0.05, 0.1) is 5.69 Å². The van der Waals surface area contributed by atoms with Gasteiger partial charge in [-0.3, -0.25) is 9.59 Å². The molecule has 4 nitrogen and oxygen atoms in total. The summed E-state index contributed by atoms with van der Waals surface area (Å²) in [5.74, 6) is -4.43. The van der Waals surface area contributed by atoms with Crippen LogP contribution in [0.25, 0.3) is 0 Å². The summed E-state index contributed by atoms with van der Waals surface area (Å²) in [6.07, 6.45) is 1.56. The summed E-state index contributed by atoms with van der Waals surface area (Å²) in [6.45, 7) is -0.103. The van der Waals surface area contributed by atoms with Gasteiger partial charge >= 0.3 is 0 Å². The van der Waals surface area contributed by atoms with Gasteiger partial charge in [-0.1, -0.05) is 0 Å². The van der Waals surface area contributed by atoms with Crippen LogP contribution in [0.15, 0.2) is 12.1 Å². The fraction of sp³-hybridized carbons (Fsp3) is 0.429. The Bertz CT molecular complexity index is 616. The zero-order chi connectivity index (χ0) is 15.1. The lowest BCUT2D eigenvalue weighted by atomic mass is 10.1. The molecular weight excluding hydrogens is 285 g/mol. The Labute approximate surface area is 118 Å². The summed E-state index contributed by atoms with van der Waals surface area (Å²) in [5.41, 5.74) is -0.459. The maximum atomic E-state index is 13.9. The topological polar surface area (TPSA) is 49.4 Å². The molecule has 1 saturated carbocycles. The van der Waals surface area contributed by atoms with E-state index in [1.165, 1.54) is 0 Å². The maximum absolute atomic E-state index is 13.9. The van der Waals surface area contributed by atoms with Crippen molar-refractivity contribution in [2.24, 2.45) is 5.92 Å². The number of amides is 2. The van der Waals surface area contributed by atoms with Gasteiger partial charge in [0.1, 0.15) is 11.9 Å². The molecule has 2 fully saturated rings. The number of anilines is 1. The normalized spacial score (nSPS) is 23.0. The molecule has 0 aromatic heterocycles. The van der Waals surface area contributed by atoms with Gasteiger partial charge in [-0.2, -0.15) is 0 Å². The lowest BCUT2D eigenvalue weighted by Crippen LogP contribution is -2.46. The molecule has 1 unspecified atom stereocenters. The molecule has 112 valence electrons. The van der Waals surface area contributed by atoms with E-state index in [0.29, 0.717) is 6.07 Å². The Morgan fingerprint density at radius 3 is 2.52 bits per heavy atom. The minimum absolute atomic E-state index is 0.0171. The fourth-order valence-electron chi connectivity index (χ4n) is 2.53. The molecule has 1 aliphatic heterocycles. The van der Waals surface area contributed by atoms with Gasteiger partial charge in [-0.15, -0.1) is 0 Å². The Kier molecular flexibility index (Phi) is 3.35. The zero-order valence-electron chi connectivity index (χ0n) is 11.0. The van der Waals surface area contributed by atoms with Crippen LogP contribution in [0.3, 0.4) is 0 Å². The van der Waals surface area contributed by atoms with Gasteiger partial charge in [0.2, 0.25) is 11.8 Å². The zero-order valence-corrected chi connectivity index (χ0v) is 11.0. The van der Waals surface area contributed by atoms with E-state index >= 15 is 0 Å². The van der Waals surface area contributed by atoms with Crippen LogP contribution in [0, 0.1) is 23.4 Å². The first-order valence-electron chi connectivity index (χ1n) is 6.72. The van der Waals surface area contributed by atoms with E-state index in [1.807, 2.05) is 0 Å². The molecule has 1 aromatic carbocycles. The summed E-state index contributed by atoms with van der Waals surface area (Å²) in [6, 6.07) is 0.449. The summed E-state index contributed by atoms with van der Waals surface area (Å²) >= 11 is 0. The molecular formula is C14H13F3N2O2. The van der Waals surface area contributed by atoms with Gasteiger partial charge in [-0.25, -0.2) is 13.2 Å². The maximum Gasteiger partial charge on any atom is 0.249 e. The molecule has 1 aromatic rings. The molecule has 2 aliphatic rings. The van der Waals surface area contributed by atoms with Crippen LogP contribution >= 0.6 is 0 Å². The first kappa shape index (κ1) is 13.9. The number of nitrogens with one attached hydrogen (secondary N) is 1. The lowest BCUT2D eigenvalue weighted by Gasteiger charge is -2.24. The SMILES string of the molecule is O=C1CCN(c2cc(F)cc(F)c2F)C(=O)C(C2CC2)N1. The number of halogens is 3. The first-order chi connectivity index (χ1) is 9.97. The van der Waals surface area contributed by atoms with Crippen LogP contribution in [-0.4, -0.2) is 24.4 Å². The van der Waals surface area contributed by atoms with Gasteiger partial charge in [0, 0.05) is 25.1 Å². The van der Waals surface area contributed by atoms with E-state index in [9.17, 15) is 22.8 Å². The molecule has 7 heteroatoms. The van der Waals surface area contributed by atoms with E-state index < -0.39 is 35.1 Å². The Balaban J connectivity index is 1.99. The summed E-state index contributed by atoms with van der Waals surface area (Å²) in [5, 5.41) is 2.60. The highest BCUT2D eigenvalue weighted by Gasteiger charge is 2.42. The van der Waals surface area contributed by atoms with Gasteiger partial charge < -0.3 is 10.2 Å². The first-order valence-corrected chi connectivity index (χ1v) is 6.72. The van der Waals surface area contributed by atoms with Crippen molar-refractivity contribution >= 4 is 17.5 Å².